The predicted molar refractivity (Wildman–Crippen MR) is 137 cm³/mol. The molecular formula is C31H50O3. The maximum absolute atomic E-state index is 12.7. The van der Waals surface area contributed by atoms with E-state index in [1.165, 1.54) is 44.1 Å². The summed E-state index contributed by atoms with van der Waals surface area (Å²) in [5, 5.41) is 21.5. The summed E-state index contributed by atoms with van der Waals surface area (Å²) in [6.07, 6.45) is 9.71. The number of carboxylic acids is 1. The van der Waals surface area contributed by atoms with Crippen LogP contribution in [0.5, 0.6) is 0 Å². The van der Waals surface area contributed by atoms with Crippen LogP contribution in [0.1, 0.15) is 106 Å². The largest absolute Gasteiger partial charge is 0.481 e. The van der Waals surface area contributed by atoms with Crippen LogP contribution in [0.4, 0.5) is 0 Å². The van der Waals surface area contributed by atoms with Gasteiger partial charge in [-0.15, -0.1) is 0 Å². The van der Waals surface area contributed by atoms with Gasteiger partial charge in [0, 0.05) is 0 Å². The van der Waals surface area contributed by atoms with Crippen molar-refractivity contribution in [2.24, 2.45) is 62.6 Å². The van der Waals surface area contributed by atoms with Gasteiger partial charge in [0.15, 0.2) is 0 Å². The van der Waals surface area contributed by atoms with Crippen LogP contribution in [0.25, 0.3) is 0 Å². The highest BCUT2D eigenvalue weighted by atomic mass is 16.4. The molecule has 34 heavy (non-hydrogen) atoms. The third-order valence-electron chi connectivity index (χ3n) is 13.9. The van der Waals surface area contributed by atoms with Crippen LogP contribution >= 0.6 is 0 Å². The molecule has 3 heteroatoms. The second kappa shape index (κ2) is 7.36. The van der Waals surface area contributed by atoms with Gasteiger partial charge in [-0.3, -0.25) is 4.79 Å². The molecule has 5 saturated carbocycles. The normalized spacial score (nSPS) is 55.9. The number of carbonyl (C=O) groups is 1. The van der Waals surface area contributed by atoms with E-state index in [9.17, 15) is 15.0 Å². The number of hydrogen-bond acceptors (Lipinski definition) is 2. The molecule has 0 amide bonds. The van der Waals surface area contributed by atoms with E-state index >= 15 is 0 Å². The number of aliphatic carboxylic acids is 1. The molecule has 0 aromatic carbocycles. The van der Waals surface area contributed by atoms with Gasteiger partial charge < -0.3 is 10.2 Å². The number of carboxylic acid groups (broad SMARTS) is 1. The quantitative estimate of drug-likeness (QED) is 0.415. The molecule has 0 heterocycles. The van der Waals surface area contributed by atoms with Crippen LogP contribution in [0, 0.1) is 62.6 Å². The number of aliphatic hydroxyl groups is 1. The highest BCUT2D eigenvalue weighted by molar-refractivity contribution is 5.71. The maximum atomic E-state index is 12.7. The average molecular weight is 471 g/mol. The summed E-state index contributed by atoms with van der Waals surface area (Å²) in [5.74, 6) is 1.61. The van der Waals surface area contributed by atoms with Gasteiger partial charge in [-0.05, 0) is 121 Å². The first kappa shape index (κ1) is 24.8. The first-order valence-corrected chi connectivity index (χ1v) is 14.2. The van der Waals surface area contributed by atoms with Crippen LogP contribution < -0.4 is 0 Å². The van der Waals surface area contributed by atoms with Crippen molar-refractivity contribution in [3.63, 3.8) is 0 Å². The van der Waals surface area contributed by atoms with Crippen molar-refractivity contribution in [2.75, 3.05) is 0 Å². The summed E-state index contributed by atoms with van der Waals surface area (Å²) in [7, 11) is 0. The minimum absolute atomic E-state index is 0.150. The highest BCUT2D eigenvalue weighted by Gasteiger charge is 2.72. The van der Waals surface area contributed by atoms with E-state index in [1.807, 2.05) is 0 Å². The monoisotopic (exact) mass is 470 g/mol. The molecule has 5 fully saturated rings. The van der Waals surface area contributed by atoms with Gasteiger partial charge in [0.05, 0.1) is 12.0 Å². The fourth-order valence-electron chi connectivity index (χ4n) is 11.8. The number of aliphatic hydroxyl groups excluding tert-OH is 1. The Hall–Kier alpha value is -0.830. The fraction of sp³-hybridized carbons (Fsp3) is 0.903. The van der Waals surface area contributed by atoms with Crippen molar-refractivity contribution < 1.29 is 15.0 Å². The summed E-state index contributed by atoms with van der Waals surface area (Å²) in [6, 6.07) is 0. The van der Waals surface area contributed by atoms with Crippen molar-refractivity contribution in [3.8, 4) is 0 Å². The summed E-state index contributed by atoms with van der Waals surface area (Å²) in [6.45, 7) is 21.2. The molecule has 0 saturated heterocycles. The molecule has 2 N–H and O–H groups in total. The van der Waals surface area contributed by atoms with Gasteiger partial charge in [-0.2, -0.15) is 0 Å². The number of rotatable bonds is 2. The van der Waals surface area contributed by atoms with E-state index in [0.29, 0.717) is 29.6 Å². The summed E-state index contributed by atoms with van der Waals surface area (Å²) in [4.78, 5) is 12.7. The van der Waals surface area contributed by atoms with E-state index in [2.05, 4.69) is 55.0 Å². The Bertz CT molecular complexity index is 891. The Labute approximate surface area is 208 Å². The number of allylic oxidation sites excluding steroid dienone is 1. The molecule has 5 rings (SSSR count). The Balaban J connectivity index is 1.60. The second-order valence-corrected chi connectivity index (χ2v) is 15.2. The summed E-state index contributed by atoms with van der Waals surface area (Å²) < 4.78 is 0. The molecule has 0 aromatic rings. The van der Waals surface area contributed by atoms with Crippen LogP contribution in [0.15, 0.2) is 12.2 Å². The van der Waals surface area contributed by atoms with E-state index in [-0.39, 0.29) is 27.6 Å². The number of fused-ring (bicyclic) bond motifs is 7. The van der Waals surface area contributed by atoms with Crippen molar-refractivity contribution in [3.05, 3.63) is 12.2 Å². The van der Waals surface area contributed by atoms with E-state index in [4.69, 9.17) is 0 Å². The zero-order valence-corrected chi connectivity index (χ0v) is 22.9. The second-order valence-electron chi connectivity index (χ2n) is 15.2. The summed E-state index contributed by atoms with van der Waals surface area (Å²) >= 11 is 0. The molecule has 11 atom stereocenters. The molecule has 3 nitrogen and oxygen atoms in total. The molecule has 0 bridgehead atoms. The van der Waals surface area contributed by atoms with Gasteiger partial charge >= 0.3 is 5.97 Å². The SMILES string of the molecule is C=C(C)[C@@H]1CC[C@]2(C)CC[C@]3(C)[C@H](CC[C@@H]4[C@@]5(C)C(C(=O)O)C[C@H](O)C(C)(C)[C@@H]5CC[C@]43C)[C@@H]12. The van der Waals surface area contributed by atoms with Crippen LogP contribution in [0.3, 0.4) is 0 Å². The lowest BCUT2D eigenvalue weighted by Crippen LogP contribution is -2.69. The first-order valence-electron chi connectivity index (χ1n) is 14.2. The minimum Gasteiger partial charge on any atom is -0.481 e. The molecule has 5 aliphatic carbocycles. The predicted octanol–water partition coefficient (Wildman–Crippen LogP) is 7.34. The third kappa shape index (κ3) is 2.83. The minimum atomic E-state index is -0.687. The number of hydrogen-bond donors (Lipinski definition) is 2. The van der Waals surface area contributed by atoms with Crippen LogP contribution in [-0.4, -0.2) is 22.3 Å². The Morgan fingerprint density at radius 1 is 0.853 bits per heavy atom. The molecule has 192 valence electrons. The van der Waals surface area contributed by atoms with Crippen LogP contribution in [-0.2, 0) is 4.79 Å². The first-order chi connectivity index (χ1) is 15.6. The molecule has 0 spiro atoms. The van der Waals surface area contributed by atoms with Gasteiger partial charge in [-0.1, -0.05) is 53.7 Å². The zero-order valence-electron chi connectivity index (χ0n) is 22.9. The van der Waals surface area contributed by atoms with E-state index in [0.717, 1.165) is 18.8 Å². The molecule has 0 radical (unpaired) electrons. The molecule has 5 aliphatic rings. The summed E-state index contributed by atoms with van der Waals surface area (Å²) in [5.41, 5.74) is 1.72. The van der Waals surface area contributed by atoms with Gasteiger partial charge in [-0.25, -0.2) is 0 Å². The Morgan fingerprint density at radius 2 is 1.53 bits per heavy atom. The van der Waals surface area contributed by atoms with E-state index in [1.54, 1.807) is 0 Å². The molecule has 1 unspecified atom stereocenters. The van der Waals surface area contributed by atoms with Crippen molar-refractivity contribution >= 4 is 5.97 Å². The average Bonchev–Trinajstić information content (AvgIpc) is 3.09. The van der Waals surface area contributed by atoms with Crippen molar-refractivity contribution in [1.29, 1.82) is 0 Å². The molecule has 0 aromatic heterocycles. The lowest BCUT2D eigenvalue weighted by Gasteiger charge is -2.73. The van der Waals surface area contributed by atoms with Crippen LogP contribution in [0.2, 0.25) is 0 Å². The molecule has 0 aliphatic heterocycles. The topological polar surface area (TPSA) is 57.5 Å². The highest BCUT2D eigenvalue weighted by Crippen LogP contribution is 2.78. The van der Waals surface area contributed by atoms with E-state index < -0.39 is 18.0 Å². The smallest absolute Gasteiger partial charge is 0.307 e. The fourth-order valence-corrected chi connectivity index (χ4v) is 11.8. The van der Waals surface area contributed by atoms with Crippen molar-refractivity contribution in [2.45, 2.75) is 112 Å². The third-order valence-corrected chi connectivity index (χ3v) is 13.9. The van der Waals surface area contributed by atoms with Gasteiger partial charge in [0.1, 0.15) is 0 Å². The lowest BCUT2D eigenvalue weighted by atomic mass is 9.31. The Kier molecular flexibility index (Phi) is 5.38. The molecular weight excluding hydrogens is 420 g/mol. The standard InChI is InChI=1S/C31H50O3/c1-18(2)19-11-13-28(5)15-16-29(6)20(25(19)28)9-10-23-30(29,7)14-12-22-27(3,4)24(32)17-21(26(33)34)31(22,23)8/h19-25,32H,1,9-17H2,2-8H3,(H,33,34)/t19-,20+,21?,22-,23-,24-,25+,28+,29+,30+,31-/m0/s1. The van der Waals surface area contributed by atoms with Gasteiger partial charge in [0.25, 0.3) is 0 Å². The maximum Gasteiger partial charge on any atom is 0.307 e. The Morgan fingerprint density at radius 3 is 2.15 bits per heavy atom. The van der Waals surface area contributed by atoms with Gasteiger partial charge in [0.2, 0.25) is 0 Å². The van der Waals surface area contributed by atoms with Crippen molar-refractivity contribution in [1.82, 2.24) is 0 Å². The lowest BCUT2D eigenvalue weighted by molar-refractivity contribution is -0.262. The zero-order chi connectivity index (χ0) is 25.1.